The van der Waals surface area contributed by atoms with Crippen molar-refractivity contribution in [2.75, 3.05) is 52.9 Å². The van der Waals surface area contributed by atoms with Gasteiger partial charge in [0.1, 0.15) is 32.2 Å². The summed E-state index contributed by atoms with van der Waals surface area (Å²) in [5.74, 6) is 1.77. The highest BCUT2D eigenvalue weighted by molar-refractivity contribution is 9.10. The first-order valence-electron chi connectivity index (χ1n) is 17.6. The Bertz CT molecular complexity index is 1630. The minimum Gasteiger partial charge on any atom is -0.482 e. The largest absolute Gasteiger partial charge is 0.482 e. The van der Waals surface area contributed by atoms with Gasteiger partial charge in [0.05, 0.1) is 37.8 Å². The zero-order valence-electron chi connectivity index (χ0n) is 31.5. The first kappa shape index (κ1) is 44.2. The van der Waals surface area contributed by atoms with Crippen LogP contribution in [0.2, 0.25) is 0 Å². The molecule has 0 bridgehead atoms. The molecule has 2 aromatic carbocycles. The number of hydrogen-bond acceptors (Lipinski definition) is 12. The number of hydrogen-bond donors (Lipinski definition) is 0. The lowest BCUT2D eigenvalue weighted by molar-refractivity contribution is -0.146. The molecule has 0 spiro atoms. The van der Waals surface area contributed by atoms with Gasteiger partial charge in [0.2, 0.25) is 0 Å². The highest BCUT2D eigenvalue weighted by atomic mass is 79.9. The molecular weight excluding hydrogens is 828 g/mol. The minimum absolute atomic E-state index is 0.121. The van der Waals surface area contributed by atoms with Crippen LogP contribution in [0.15, 0.2) is 82.0 Å². The normalized spacial score (nSPS) is 11.7. The van der Waals surface area contributed by atoms with Gasteiger partial charge in [0.25, 0.3) is 0 Å². The third-order valence-electron chi connectivity index (χ3n) is 7.23. The van der Waals surface area contributed by atoms with Crippen LogP contribution in [0.1, 0.15) is 62.4 Å². The van der Waals surface area contributed by atoms with Gasteiger partial charge >= 0.3 is 11.9 Å². The number of pyridine rings is 2. The number of carbonyl (C=O) groups is 2. The van der Waals surface area contributed by atoms with E-state index in [9.17, 15) is 9.59 Å². The van der Waals surface area contributed by atoms with E-state index in [4.69, 9.17) is 37.9 Å². The summed E-state index contributed by atoms with van der Waals surface area (Å²) in [5, 5.41) is 0. The van der Waals surface area contributed by atoms with Gasteiger partial charge in [-0.1, -0.05) is 12.1 Å². The summed E-state index contributed by atoms with van der Waals surface area (Å²) < 4.78 is 45.5. The topological polar surface area (TPSA) is 134 Å². The van der Waals surface area contributed by atoms with E-state index in [2.05, 4.69) is 41.8 Å². The highest BCUT2D eigenvalue weighted by Crippen LogP contribution is 2.29. The Morgan fingerprint density at radius 3 is 1.33 bits per heavy atom. The predicted molar refractivity (Wildman–Crippen MR) is 210 cm³/mol. The van der Waals surface area contributed by atoms with Gasteiger partial charge in [0.15, 0.2) is 25.4 Å². The lowest BCUT2D eigenvalue weighted by atomic mass is 10.2. The van der Waals surface area contributed by atoms with Gasteiger partial charge in [-0.05, 0) is 145 Å². The molecule has 0 saturated carbocycles. The lowest BCUT2D eigenvalue weighted by Crippen LogP contribution is -2.17. The number of rotatable bonds is 20. The molecule has 1 unspecified atom stereocenters. The second-order valence-electron chi connectivity index (χ2n) is 11.3. The standard InChI is InChI=1S/2C20H24BrNO5/c2*1-4-24-12-18(16-7-6-8-19(21)22-16)27-15-9-10-17(14(3)11-15)26-13-20(23)25-5-2/h2*6-11,18H,4-5,12-13H2,1-3H3/t18-;/m0./s1. The maximum atomic E-state index is 11.4. The average Bonchev–Trinajstić information content (AvgIpc) is 3.15. The van der Waals surface area contributed by atoms with E-state index in [1.165, 1.54) is 0 Å². The summed E-state index contributed by atoms with van der Waals surface area (Å²) in [6.45, 7) is 13.6. The van der Waals surface area contributed by atoms with Crippen LogP contribution in [0.3, 0.4) is 0 Å². The van der Waals surface area contributed by atoms with Gasteiger partial charge in [-0.25, -0.2) is 19.6 Å². The molecule has 0 saturated heterocycles. The maximum Gasteiger partial charge on any atom is 0.344 e. The summed E-state index contributed by atoms with van der Waals surface area (Å²) in [6.07, 6.45) is -0.679. The van der Waals surface area contributed by atoms with Crippen molar-refractivity contribution in [1.29, 1.82) is 0 Å². The molecule has 14 heteroatoms. The molecule has 2 heterocycles. The molecule has 0 aliphatic carbocycles. The Morgan fingerprint density at radius 2 is 1.00 bits per heavy atom. The SMILES string of the molecule is CCOCC(Oc1ccc(OCC(=O)OCC)c(C)c1)c1cccc(Br)n1.CCOC[C@H](Oc1ccc(OCC(=O)OCC)c(C)c1)c1cccc(Br)n1. The number of carbonyl (C=O) groups excluding carboxylic acids is 2. The van der Waals surface area contributed by atoms with Crippen molar-refractivity contribution >= 4 is 43.8 Å². The van der Waals surface area contributed by atoms with Gasteiger partial charge in [-0.2, -0.15) is 0 Å². The molecule has 292 valence electrons. The molecular formula is C40H48Br2N2O10. The van der Waals surface area contributed by atoms with Crippen LogP contribution in [0, 0.1) is 13.8 Å². The van der Waals surface area contributed by atoms with Gasteiger partial charge in [0, 0.05) is 13.2 Å². The van der Waals surface area contributed by atoms with Crippen LogP contribution in [0.4, 0.5) is 0 Å². The molecule has 54 heavy (non-hydrogen) atoms. The molecule has 2 aromatic heterocycles. The third kappa shape index (κ3) is 15.6. The summed E-state index contributed by atoms with van der Waals surface area (Å²) in [5.41, 5.74) is 3.26. The lowest BCUT2D eigenvalue weighted by Gasteiger charge is -2.19. The molecule has 12 nitrogen and oxygen atoms in total. The second-order valence-corrected chi connectivity index (χ2v) is 13.0. The van der Waals surface area contributed by atoms with Crippen molar-refractivity contribution in [2.24, 2.45) is 0 Å². The fourth-order valence-corrected chi connectivity index (χ4v) is 5.45. The Kier molecular flexibility index (Phi) is 19.8. The smallest absolute Gasteiger partial charge is 0.344 e. The maximum absolute atomic E-state index is 11.4. The van der Waals surface area contributed by atoms with Crippen molar-refractivity contribution in [3.05, 3.63) is 105 Å². The fraction of sp³-hybridized carbons (Fsp3) is 0.400. The van der Waals surface area contributed by atoms with Crippen LogP contribution >= 0.6 is 31.9 Å². The summed E-state index contributed by atoms with van der Waals surface area (Å²) in [4.78, 5) is 31.8. The number of esters is 2. The summed E-state index contributed by atoms with van der Waals surface area (Å²) in [7, 11) is 0. The number of halogens is 2. The third-order valence-corrected chi connectivity index (χ3v) is 8.11. The number of aryl methyl sites for hydroxylation is 2. The van der Waals surface area contributed by atoms with E-state index in [-0.39, 0.29) is 25.4 Å². The van der Waals surface area contributed by atoms with E-state index in [0.29, 0.717) is 62.6 Å². The van der Waals surface area contributed by atoms with E-state index in [0.717, 1.165) is 31.7 Å². The molecule has 0 aliphatic rings. The van der Waals surface area contributed by atoms with Gasteiger partial charge in [-0.15, -0.1) is 0 Å². The number of ether oxygens (including phenoxy) is 8. The molecule has 0 fully saturated rings. The van der Waals surface area contributed by atoms with Gasteiger partial charge in [-0.3, -0.25) is 0 Å². The Labute approximate surface area is 334 Å². The van der Waals surface area contributed by atoms with E-state index in [1.807, 2.05) is 76.2 Å². The quantitative estimate of drug-likeness (QED) is 0.0623. The fourth-order valence-electron chi connectivity index (χ4n) is 4.74. The van der Waals surface area contributed by atoms with Crippen LogP contribution in [0.5, 0.6) is 23.0 Å². The van der Waals surface area contributed by atoms with Crippen LogP contribution in [0.25, 0.3) is 0 Å². The Morgan fingerprint density at radius 1 is 0.593 bits per heavy atom. The van der Waals surface area contributed by atoms with Gasteiger partial charge < -0.3 is 37.9 Å². The zero-order valence-corrected chi connectivity index (χ0v) is 34.6. The van der Waals surface area contributed by atoms with Crippen molar-refractivity contribution in [3.63, 3.8) is 0 Å². The number of nitrogens with zero attached hydrogens (tertiary/aromatic N) is 2. The molecule has 0 radical (unpaired) electrons. The van der Waals surface area contributed by atoms with E-state index in [1.54, 1.807) is 38.1 Å². The minimum atomic E-state index is -0.394. The summed E-state index contributed by atoms with van der Waals surface area (Å²) >= 11 is 6.77. The highest BCUT2D eigenvalue weighted by Gasteiger charge is 2.18. The van der Waals surface area contributed by atoms with Crippen LogP contribution < -0.4 is 18.9 Å². The number of benzene rings is 2. The molecule has 0 N–H and O–H groups in total. The van der Waals surface area contributed by atoms with E-state index >= 15 is 0 Å². The predicted octanol–water partition coefficient (Wildman–Crippen LogP) is 8.50. The molecule has 2 atom stereocenters. The van der Waals surface area contributed by atoms with Crippen LogP contribution in [-0.4, -0.2) is 74.8 Å². The van der Waals surface area contributed by atoms with Crippen LogP contribution in [-0.2, 0) is 28.5 Å². The average molecular weight is 877 g/mol. The zero-order chi connectivity index (χ0) is 39.3. The van der Waals surface area contributed by atoms with Crippen molar-refractivity contribution in [2.45, 2.75) is 53.8 Å². The second kappa shape index (κ2) is 24.2. The number of aromatic nitrogens is 2. The monoisotopic (exact) mass is 874 g/mol. The molecule has 4 aromatic rings. The summed E-state index contributed by atoms with van der Waals surface area (Å²) in [6, 6.07) is 22.2. The first-order chi connectivity index (χ1) is 26.1. The van der Waals surface area contributed by atoms with Crippen molar-refractivity contribution in [1.82, 2.24) is 9.97 Å². The van der Waals surface area contributed by atoms with Crippen molar-refractivity contribution < 1.29 is 47.5 Å². The van der Waals surface area contributed by atoms with E-state index < -0.39 is 11.9 Å². The van der Waals surface area contributed by atoms with Crippen molar-refractivity contribution in [3.8, 4) is 23.0 Å². The first-order valence-corrected chi connectivity index (χ1v) is 19.2. The Hall–Kier alpha value is -4.24. The Balaban J connectivity index is 0.000000290. The molecule has 0 amide bonds. The molecule has 4 rings (SSSR count). The molecule has 0 aliphatic heterocycles.